The highest BCUT2D eigenvalue weighted by molar-refractivity contribution is 6.30. The second kappa shape index (κ2) is 6.94. The molecule has 5 heteroatoms. The number of hydrogen-bond acceptors (Lipinski definition) is 2. The Labute approximate surface area is 130 Å². The van der Waals surface area contributed by atoms with Crippen molar-refractivity contribution in [2.45, 2.75) is 20.3 Å². The molecule has 0 radical (unpaired) electrons. The van der Waals surface area contributed by atoms with E-state index in [0.29, 0.717) is 36.8 Å². The number of halogens is 1. The van der Waals surface area contributed by atoms with E-state index >= 15 is 0 Å². The fraction of sp³-hybridized carbons (Fsp3) is 0.500. The molecule has 2 amide bonds. The number of carbonyl (C=O) groups excluding carboxylic acids is 2. The van der Waals surface area contributed by atoms with Gasteiger partial charge in [0, 0.05) is 42.7 Å². The number of carbonyl (C=O) groups is 2. The third-order valence-electron chi connectivity index (χ3n) is 3.98. The summed E-state index contributed by atoms with van der Waals surface area (Å²) in [7, 11) is 0. The number of hydrogen-bond donors (Lipinski definition) is 0. The molecule has 1 saturated heterocycles. The lowest BCUT2D eigenvalue weighted by Crippen LogP contribution is -2.51. The van der Waals surface area contributed by atoms with Crippen LogP contribution in [-0.2, 0) is 4.79 Å². The maximum absolute atomic E-state index is 12.4. The molecule has 1 heterocycles. The Morgan fingerprint density at radius 3 is 2.38 bits per heavy atom. The second-order valence-electron chi connectivity index (χ2n) is 5.44. The fourth-order valence-electron chi connectivity index (χ4n) is 2.42. The minimum absolute atomic E-state index is 0.0202. The topological polar surface area (TPSA) is 40.6 Å². The molecule has 1 aromatic carbocycles. The van der Waals surface area contributed by atoms with Gasteiger partial charge in [-0.2, -0.15) is 0 Å². The van der Waals surface area contributed by atoms with Crippen molar-refractivity contribution in [1.29, 1.82) is 0 Å². The summed E-state index contributed by atoms with van der Waals surface area (Å²) in [5.41, 5.74) is 0.601. The molecule has 114 valence electrons. The van der Waals surface area contributed by atoms with Gasteiger partial charge in [0.05, 0.1) is 0 Å². The van der Waals surface area contributed by atoms with Gasteiger partial charge >= 0.3 is 0 Å². The summed E-state index contributed by atoms with van der Waals surface area (Å²) in [6.45, 7) is 6.33. The first-order chi connectivity index (χ1) is 10.0. The Morgan fingerprint density at radius 1 is 1.19 bits per heavy atom. The van der Waals surface area contributed by atoms with E-state index in [1.54, 1.807) is 29.2 Å². The standard InChI is InChI=1S/C16H21ClN2O2/c1-3-12(2)15(20)18-7-9-19(10-8-18)16(21)13-5-4-6-14(17)11-13/h4-6,11-12H,3,7-10H2,1-2H3. The summed E-state index contributed by atoms with van der Waals surface area (Å²) in [5.74, 6) is 0.223. The molecule has 1 aliphatic heterocycles. The Balaban J connectivity index is 1.95. The number of amides is 2. The van der Waals surface area contributed by atoms with Crippen LogP contribution in [0.15, 0.2) is 24.3 Å². The zero-order valence-corrected chi connectivity index (χ0v) is 13.3. The summed E-state index contributed by atoms with van der Waals surface area (Å²) >= 11 is 5.92. The van der Waals surface area contributed by atoms with E-state index in [1.165, 1.54) is 0 Å². The van der Waals surface area contributed by atoms with E-state index in [1.807, 2.05) is 18.7 Å². The molecule has 0 aromatic heterocycles. The predicted molar refractivity (Wildman–Crippen MR) is 83.4 cm³/mol. The molecule has 2 rings (SSSR count). The lowest BCUT2D eigenvalue weighted by molar-refractivity contribution is -0.136. The first-order valence-corrected chi connectivity index (χ1v) is 7.74. The van der Waals surface area contributed by atoms with Gasteiger partial charge in [-0.05, 0) is 24.6 Å². The van der Waals surface area contributed by atoms with E-state index in [9.17, 15) is 9.59 Å². The molecule has 1 fully saturated rings. The number of rotatable bonds is 3. The quantitative estimate of drug-likeness (QED) is 0.861. The van der Waals surface area contributed by atoms with Crippen LogP contribution in [0.5, 0.6) is 0 Å². The molecule has 4 nitrogen and oxygen atoms in total. The first-order valence-electron chi connectivity index (χ1n) is 7.36. The summed E-state index contributed by atoms with van der Waals surface area (Å²) < 4.78 is 0. The van der Waals surface area contributed by atoms with Gasteiger partial charge in [-0.1, -0.05) is 31.5 Å². The number of benzene rings is 1. The predicted octanol–water partition coefficient (Wildman–Crippen LogP) is 2.67. The molecule has 1 unspecified atom stereocenters. The molecule has 1 atom stereocenters. The number of piperazine rings is 1. The Morgan fingerprint density at radius 2 is 1.81 bits per heavy atom. The van der Waals surface area contributed by atoms with Crippen LogP contribution in [0.1, 0.15) is 30.6 Å². The molecule has 0 saturated carbocycles. The zero-order chi connectivity index (χ0) is 15.4. The van der Waals surface area contributed by atoms with Gasteiger partial charge in [-0.25, -0.2) is 0 Å². The van der Waals surface area contributed by atoms with Crippen LogP contribution in [0.2, 0.25) is 5.02 Å². The third-order valence-corrected chi connectivity index (χ3v) is 4.22. The normalized spacial score (nSPS) is 16.7. The maximum Gasteiger partial charge on any atom is 0.254 e. The van der Waals surface area contributed by atoms with E-state index in [0.717, 1.165) is 6.42 Å². The van der Waals surface area contributed by atoms with Gasteiger partial charge in [0.25, 0.3) is 5.91 Å². The summed E-state index contributed by atoms with van der Waals surface area (Å²) in [5, 5.41) is 0.562. The van der Waals surface area contributed by atoms with Crippen LogP contribution in [0.4, 0.5) is 0 Å². The molecule has 0 N–H and O–H groups in total. The Kier molecular flexibility index (Phi) is 5.23. The maximum atomic E-state index is 12.4. The minimum Gasteiger partial charge on any atom is -0.339 e. The summed E-state index contributed by atoms with van der Waals surface area (Å²) in [4.78, 5) is 28.1. The average Bonchev–Trinajstić information content (AvgIpc) is 2.53. The van der Waals surface area contributed by atoms with Gasteiger partial charge in [-0.15, -0.1) is 0 Å². The van der Waals surface area contributed by atoms with E-state index in [2.05, 4.69) is 0 Å². The molecule has 1 aliphatic rings. The smallest absolute Gasteiger partial charge is 0.254 e. The van der Waals surface area contributed by atoms with Crippen LogP contribution < -0.4 is 0 Å². The van der Waals surface area contributed by atoms with Crippen LogP contribution in [0, 0.1) is 5.92 Å². The van der Waals surface area contributed by atoms with Crippen molar-refractivity contribution in [3.05, 3.63) is 34.9 Å². The summed E-state index contributed by atoms with van der Waals surface area (Å²) in [6.07, 6.45) is 0.848. The molecule has 21 heavy (non-hydrogen) atoms. The van der Waals surface area contributed by atoms with Gasteiger partial charge in [0.1, 0.15) is 0 Å². The van der Waals surface area contributed by atoms with Crippen LogP contribution in [0.25, 0.3) is 0 Å². The third kappa shape index (κ3) is 3.76. The highest BCUT2D eigenvalue weighted by Crippen LogP contribution is 2.15. The monoisotopic (exact) mass is 308 g/mol. The van der Waals surface area contributed by atoms with Crippen molar-refractivity contribution < 1.29 is 9.59 Å². The molecular formula is C16H21ClN2O2. The highest BCUT2D eigenvalue weighted by atomic mass is 35.5. The minimum atomic E-state index is -0.0202. The number of nitrogens with zero attached hydrogens (tertiary/aromatic N) is 2. The van der Waals surface area contributed by atoms with Crippen LogP contribution in [-0.4, -0.2) is 47.8 Å². The van der Waals surface area contributed by atoms with Gasteiger partial charge in [0.15, 0.2) is 0 Å². The van der Waals surface area contributed by atoms with E-state index in [-0.39, 0.29) is 17.7 Å². The summed E-state index contributed by atoms with van der Waals surface area (Å²) in [6, 6.07) is 6.98. The molecular weight excluding hydrogens is 288 g/mol. The molecule has 1 aromatic rings. The van der Waals surface area contributed by atoms with Crippen molar-refractivity contribution in [2.75, 3.05) is 26.2 Å². The van der Waals surface area contributed by atoms with Crippen molar-refractivity contribution in [2.24, 2.45) is 5.92 Å². The van der Waals surface area contributed by atoms with E-state index in [4.69, 9.17) is 11.6 Å². The Hall–Kier alpha value is -1.55. The molecule has 0 aliphatic carbocycles. The zero-order valence-electron chi connectivity index (χ0n) is 12.5. The van der Waals surface area contributed by atoms with Crippen molar-refractivity contribution in [3.8, 4) is 0 Å². The van der Waals surface area contributed by atoms with Crippen molar-refractivity contribution >= 4 is 23.4 Å². The second-order valence-corrected chi connectivity index (χ2v) is 5.87. The van der Waals surface area contributed by atoms with Crippen molar-refractivity contribution in [1.82, 2.24) is 9.80 Å². The van der Waals surface area contributed by atoms with Crippen LogP contribution >= 0.6 is 11.6 Å². The Bertz CT molecular complexity index is 525. The lowest BCUT2D eigenvalue weighted by atomic mass is 10.1. The molecule has 0 spiro atoms. The van der Waals surface area contributed by atoms with E-state index < -0.39 is 0 Å². The van der Waals surface area contributed by atoms with Gasteiger partial charge in [0.2, 0.25) is 5.91 Å². The molecule has 0 bridgehead atoms. The lowest BCUT2D eigenvalue weighted by Gasteiger charge is -2.36. The van der Waals surface area contributed by atoms with Crippen molar-refractivity contribution in [3.63, 3.8) is 0 Å². The SMILES string of the molecule is CCC(C)C(=O)N1CCN(C(=O)c2cccc(Cl)c2)CC1. The highest BCUT2D eigenvalue weighted by Gasteiger charge is 2.26. The van der Waals surface area contributed by atoms with Crippen LogP contribution in [0.3, 0.4) is 0 Å². The average molecular weight is 309 g/mol. The van der Waals surface area contributed by atoms with Gasteiger partial charge in [-0.3, -0.25) is 9.59 Å². The van der Waals surface area contributed by atoms with Gasteiger partial charge < -0.3 is 9.80 Å². The fourth-order valence-corrected chi connectivity index (χ4v) is 2.61. The first kappa shape index (κ1) is 15.8. The largest absolute Gasteiger partial charge is 0.339 e.